The number of nitrogen functional groups attached to an aromatic ring is 1. The number of anilines is 3. The molecule has 7 N–H and O–H groups in total. The van der Waals surface area contributed by atoms with Crippen molar-refractivity contribution in [1.82, 2.24) is 15.3 Å². The number of hydrogen-bond donors (Lipinski definition) is 4. The average Bonchev–Trinajstić information content (AvgIpc) is 2.75. The predicted molar refractivity (Wildman–Crippen MR) is 116 cm³/mol. The molecule has 0 bridgehead atoms. The monoisotopic (exact) mass is 480 g/mol. The lowest BCUT2D eigenvalue weighted by Crippen LogP contribution is -2.44. The van der Waals surface area contributed by atoms with Crippen molar-refractivity contribution in [3.8, 4) is 11.9 Å². The first-order valence-corrected chi connectivity index (χ1v) is 9.99. The summed E-state index contributed by atoms with van der Waals surface area (Å²) in [6.07, 6.45) is -4.55. The van der Waals surface area contributed by atoms with Crippen LogP contribution in [0.2, 0.25) is 0 Å². The van der Waals surface area contributed by atoms with Crippen LogP contribution in [-0.4, -0.2) is 41.1 Å². The molecular weight excluding hydrogens is 457 g/mol. The van der Waals surface area contributed by atoms with E-state index in [-0.39, 0.29) is 54.9 Å². The largest absolute Gasteiger partial charge is 0.477 e. The van der Waals surface area contributed by atoms with Gasteiger partial charge in [0.1, 0.15) is 12.1 Å². The lowest BCUT2D eigenvalue weighted by Gasteiger charge is -2.32. The van der Waals surface area contributed by atoms with Crippen LogP contribution in [0.1, 0.15) is 30.9 Å². The van der Waals surface area contributed by atoms with E-state index >= 15 is 0 Å². The molecular formula is C20H23F3N8O3. The second-order valence-corrected chi connectivity index (χ2v) is 6.90. The van der Waals surface area contributed by atoms with E-state index in [9.17, 15) is 28.0 Å². The van der Waals surface area contributed by atoms with Gasteiger partial charge in [0.2, 0.25) is 17.7 Å². The summed E-state index contributed by atoms with van der Waals surface area (Å²) in [7, 11) is 0. The van der Waals surface area contributed by atoms with E-state index < -0.39 is 29.7 Å². The molecule has 1 aromatic heterocycles. The lowest BCUT2D eigenvalue weighted by atomic mass is 10.1. The number of urea groups is 1. The molecule has 0 aliphatic heterocycles. The van der Waals surface area contributed by atoms with Gasteiger partial charge in [-0.05, 0) is 38.0 Å². The van der Waals surface area contributed by atoms with Crippen molar-refractivity contribution in [3.63, 3.8) is 0 Å². The fourth-order valence-electron chi connectivity index (χ4n) is 3.15. The van der Waals surface area contributed by atoms with Crippen molar-refractivity contribution in [3.05, 3.63) is 35.4 Å². The van der Waals surface area contributed by atoms with E-state index in [1.165, 1.54) is 6.07 Å². The Hall–Kier alpha value is -4.28. The summed E-state index contributed by atoms with van der Waals surface area (Å²) < 4.78 is 45.6. The van der Waals surface area contributed by atoms with Gasteiger partial charge in [0.05, 0.1) is 12.2 Å². The molecule has 0 fully saturated rings. The number of aromatic nitrogens is 2. The van der Waals surface area contributed by atoms with Crippen LogP contribution in [-0.2, 0) is 11.0 Å². The van der Waals surface area contributed by atoms with Crippen molar-refractivity contribution in [2.24, 2.45) is 11.5 Å². The highest BCUT2D eigenvalue weighted by atomic mass is 19.4. The number of carbonyl (C=O) groups excluding carboxylic acids is 2. The number of benzene rings is 1. The Morgan fingerprint density at radius 1 is 1.29 bits per heavy atom. The molecule has 11 nitrogen and oxygen atoms in total. The number of hydrogen-bond acceptors (Lipinski definition) is 8. The number of nitriles is 1. The van der Waals surface area contributed by atoms with Crippen LogP contribution in [0.3, 0.4) is 0 Å². The zero-order chi connectivity index (χ0) is 25.5. The molecule has 0 saturated carbocycles. The first-order valence-electron chi connectivity index (χ1n) is 9.99. The summed E-state index contributed by atoms with van der Waals surface area (Å²) in [5, 5.41) is 12.1. The van der Waals surface area contributed by atoms with Crippen molar-refractivity contribution >= 4 is 29.4 Å². The third-order valence-corrected chi connectivity index (χ3v) is 4.54. The molecule has 2 aromatic rings. The molecule has 0 aliphatic rings. The molecule has 0 spiro atoms. The summed E-state index contributed by atoms with van der Waals surface area (Å²) in [6, 6.07) is 3.85. The van der Waals surface area contributed by atoms with Gasteiger partial charge in [-0.2, -0.15) is 28.4 Å². The molecule has 14 heteroatoms. The third kappa shape index (κ3) is 6.37. The summed E-state index contributed by atoms with van der Waals surface area (Å²) in [5.74, 6) is -1.73. The van der Waals surface area contributed by atoms with Gasteiger partial charge in [-0.3, -0.25) is 4.79 Å². The normalized spacial score (nSPS) is 11.9. The molecule has 0 saturated heterocycles. The van der Waals surface area contributed by atoms with E-state index in [0.717, 1.165) is 23.1 Å². The number of nitrogens with one attached hydrogen (secondary N) is 1. The standard InChI is InChI=1S/C20H23F3N8O3/c1-2-34-17-13(10-24)16(29-18(26)30-17)31(12-6-3-5-11(9-12)20(21,22)23)14(15(25)32)7-4-8-28-19(27)33/h3,5-6,9,14H,2,4,7-8H2,1H3,(H2,25,32)(H2,26,29,30)(H3,27,28,33)/t14-/m0/s1. The smallest absolute Gasteiger partial charge is 0.416 e. The predicted octanol–water partition coefficient (Wildman–Crippen LogP) is 1.79. The molecule has 182 valence electrons. The van der Waals surface area contributed by atoms with E-state index in [0.29, 0.717) is 0 Å². The highest BCUT2D eigenvalue weighted by Gasteiger charge is 2.34. The van der Waals surface area contributed by atoms with Gasteiger partial charge < -0.3 is 32.2 Å². The SMILES string of the molecule is CCOc1nc(N)nc(N(c2cccc(C(F)(F)F)c2)[C@@H](CCCNC(N)=O)C(N)=O)c1C#N. The van der Waals surface area contributed by atoms with Crippen LogP contribution in [0.5, 0.6) is 5.88 Å². The highest BCUT2D eigenvalue weighted by molar-refractivity contribution is 5.87. The summed E-state index contributed by atoms with van der Waals surface area (Å²) >= 11 is 0. The molecule has 2 rings (SSSR count). The van der Waals surface area contributed by atoms with Gasteiger partial charge in [0, 0.05) is 12.2 Å². The van der Waals surface area contributed by atoms with Crippen LogP contribution < -0.4 is 32.2 Å². The molecule has 0 unspecified atom stereocenters. The van der Waals surface area contributed by atoms with Crippen molar-refractivity contribution in [2.45, 2.75) is 32.0 Å². The molecule has 1 atom stereocenters. The maximum atomic E-state index is 13.4. The molecule has 1 heterocycles. The second kappa shape index (κ2) is 11.0. The van der Waals surface area contributed by atoms with Gasteiger partial charge in [0.15, 0.2) is 11.4 Å². The van der Waals surface area contributed by atoms with Gasteiger partial charge in [-0.25, -0.2) is 4.79 Å². The van der Waals surface area contributed by atoms with E-state index in [4.69, 9.17) is 21.9 Å². The maximum absolute atomic E-state index is 13.4. The number of nitrogens with two attached hydrogens (primary N) is 3. The minimum atomic E-state index is -4.69. The van der Waals surface area contributed by atoms with Gasteiger partial charge in [0.25, 0.3) is 0 Å². The summed E-state index contributed by atoms with van der Waals surface area (Å²) in [5.41, 5.74) is 15.0. The Morgan fingerprint density at radius 2 is 2.00 bits per heavy atom. The summed E-state index contributed by atoms with van der Waals surface area (Å²) in [6.45, 7) is 1.80. The lowest BCUT2D eigenvalue weighted by molar-refractivity contribution is -0.137. The Labute approximate surface area is 192 Å². The zero-order valence-electron chi connectivity index (χ0n) is 18.1. The average molecular weight is 480 g/mol. The minimum absolute atomic E-state index is 0.0371. The third-order valence-electron chi connectivity index (χ3n) is 4.54. The van der Waals surface area contributed by atoms with Crippen molar-refractivity contribution < 1.29 is 27.5 Å². The van der Waals surface area contributed by atoms with Crippen LogP contribution in [0, 0.1) is 11.3 Å². The quantitative estimate of drug-likeness (QED) is 0.370. The first kappa shape index (κ1) is 26.0. The van der Waals surface area contributed by atoms with Crippen LogP contribution in [0.4, 0.5) is 35.4 Å². The number of primary amides is 2. The van der Waals surface area contributed by atoms with Crippen LogP contribution in [0.25, 0.3) is 0 Å². The Morgan fingerprint density at radius 3 is 2.56 bits per heavy atom. The highest BCUT2D eigenvalue weighted by Crippen LogP contribution is 2.37. The topological polar surface area (TPSA) is 186 Å². The maximum Gasteiger partial charge on any atom is 0.416 e. The van der Waals surface area contributed by atoms with Gasteiger partial charge in [-0.1, -0.05) is 6.07 Å². The molecule has 34 heavy (non-hydrogen) atoms. The summed E-state index contributed by atoms with van der Waals surface area (Å²) in [4.78, 5) is 32.4. The molecule has 0 radical (unpaired) electrons. The van der Waals surface area contributed by atoms with Crippen LogP contribution >= 0.6 is 0 Å². The first-order chi connectivity index (χ1) is 16.0. The number of alkyl halides is 3. The number of halogens is 3. The minimum Gasteiger partial charge on any atom is -0.477 e. The van der Waals surface area contributed by atoms with Gasteiger partial charge in [-0.15, -0.1) is 0 Å². The fraction of sp³-hybridized carbons (Fsp3) is 0.350. The van der Waals surface area contributed by atoms with Crippen LogP contribution in [0.15, 0.2) is 24.3 Å². The number of amides is 3. The van der Waals surface area contributed by atoms with E-state index in [1.807, 2.05) is 6.07 Å². The number of ether oxygens (including phenoxy) is 1. The number of carbonyl (C=O) groups is 2. The Bertz CT molecular complexity index is 1090. The molecule has 0 aliphatic carbocycles. The second-order valence-electron chi connectivity index (χ2n) is 6.90. The Kier molecular flexibility index (Phi) is 8.43. The number of rotatable bonds is 10. The number of nitrogens with zero attached hydrogens (tertiary/aromatic N) is 4. The van der Waals surface area contributed by atoms with E-state index in [1.54, 1.807) is 6.92 Å². The van der Waals surface area contributed by atoms with Crippen molar-refractivity contribution in [2.75, 3.05) is 23.8 Å². The molecule has 3 amide bonds. The van der Waals surface area contributed by atoms with Gasteiger partial charge >= 0.3 is 12.2 Å². The molecule has 1 aromatic carbocycles. The van der Waals surface area contributed by atoms with Crippen molar-refractivity contribution in [1.29, 1.82) is 5.26 Å². The van der Waals surface area contributed by atoms with E-state index in [2.05, 4.69) is 15.3 Å². The zero-order valence-corrected chi connectivity index (χ0v) is 18.1. The Balaban J connectivity index is 2.71. The fourth-order valence-corrected chi connectivity index (χ4v) is 3.15.